The van der Waals surface area contributed by atoms with Gasteiger partial charge in [-0.3, -0.25) is 0 Å². The largest absolute Gasteiger partial charge is 0.387 e. The zero-order valence-electron chi connectivity index (χ0n) is 10.5. The van der Waals surface area contributed by atoms with Gasteiger partial charge in [-0.15, -0.1) is 0 Å². The average molecular weight is 221 g/mol. The highest BCUT2D eigenvalue weighted by Gasteiger charge is 2.08. The molecule has 2 N–H and O–H groups in total. The molecule has 0 aliphatic heterocycles. The number of aliphatic hydroxyl groups excluding tert-OH is 1. The van der Waals surface area contributed by atoms with Crippen molar-refractivity contribution in [3.8, 4) is 0 Å². The van der Waals surface area contributed by atoms with Gasteiger partial charge in [0.15, 0.2) is 0 Å². The molecule has 0 heterocycles. The summed E-state index contributed by atoms with van der Waals surface area (Å²) in [6, 6.07) is 8.66. The summed E-state index contributed by atoms with van der Waals surface area (Å²) < 4.78 is 0. The van der Waals surface area contributed by atoms with E-state index >= 15 is 0 Å². The minimum Gasteiger partial charge on any atom is -0.387 e. The van der Waals surface area contributed by atoms with Gasteiger partial charge in [0.1, 0.15) is 0 Å². The second-order valence-electron chi connectivity index (χ2n) is 4.33. The van der Waals surface area contributed by atoms with E-state index in [0.29, 0.717) is 12.6 Å². The minimum atomic E-state index is -0.403. The Morgan fingerprint density at radius 1 is 1.19 bits per heavy atom. The summed E-state index contributed by atoms with van der Waals surface area (Å²) >= 11 is 0. The lowest BCUT2D eigenvalue weighted by atomic mass is 10.1. The number of aryl methyl sites for hydroxylation is 1. The third kappa shape index (κ3) is 3.95. The fourth-order valence-corrected chi connectivity index (χ4v) is 1.55. The molecule has 90 valence electrons. The monoisotopic (exact) mass is 221 g/mol. The van der Waals surface area contributed by atoms with Gasteiger partial charge in [-0.25, -0.2) is 0 Å². The van der Waals surface area contributed by atoms with Crippen LogP contribution in [0.2, 0.25) is 0 Å². The lowest BCUT2D eigenvalue weighted by molar-refractivity contribution is 0.170. The van der Waals surface area contributed by atoms with Gasteiger partial charge in [0, 0.05) is 12.6 Å². The van der Waals surface area contributed by atoms with Gasteiger partial charge in [-0.05, 0) is 30.9 Å². The quantitative estimate of drug-likeness (QED) is 0.774. The highest BCUT2D eigenvalue weighted by Crippen LogP contribution is 2.13. The molecule has 0 amide bonds. The van der Waals surface area contributed by atoms with Crippen LogP contribution in [0, 0.1) is 0 Å². The van der Waals surface area contributed by atoms with Crippen LogP contribution in [0.25, 0.3) is 0 Å². The summed E-state index contributed by atoms with van der Waals surface area (Å²) in [5.41, 5.74) is 2.30. The Morgan fingerprint density at radius 2 is 1.81 bits per heavy atom. The first-order valence-electron chi connectivity index (χ1n) is 6.17. The summed E-state index contributed by atoms with van der Waals surface area (Å²) in [5, 5.41) is 13.3. The van der Waals surface area contributed by atoms with Crippen LogP contribution in [-0.2, 0) is 6.42 Å². The van der Waals surface area contributed by atoms with Crippen molar-refractivity contribution < 1.29 is 5.11 Å². The smallest absolute Gasteiger partial charge is 0.0914 e. The van der Waals surface area contributed by atoms with Crippen molar-refractivity contribution in [3.63, 3.8) is 0 Å². The number of benzene rings is 1. The normalized spacial score (nSPS) is 14.8. The Balaban J connectivity index is 2.49. The lowest BCUT2D eigenvalue weighted by Gasteiger charge is -2.16. The molecule has 16 heavy (non-hydrogen) atoms. The van der Waals surface area contributed by atoms with Crippen LogP contribution in [-0.4, -0.2) is 17.7 Å². The fourth-order valence-electron chi connectivity index (χ4n) is 1.55. The highest BCUT2D eigenvalue weighted by atomic mass is 16.3. The molecule has 0 saturated carbocycles. The van der Waals surface area contributed by atoms with E-state index in [0.717, 1.165) is 18.4 Å². The molecule has 0 aliphatic rings. The summed E-state index contributed by atoms with van der Waals surface area (Å²) in [5.74, 6) is 0. The predicted molar refractivity (Wildman–Crippen MR) is 68.5 cm³/mol. The van der Waals surface area contributed by atoms with Crippen LogP contribution in [0.1, 0.15) is 44.4 Å². The number of nitrogens with one attached hydrogen (secondary N) is 1. The molecule has 2 atom stereocenters. The van der Waals surface area contributed by atoms with Crippen molar-refractivity contribution in [1.29, 1.82) is 0 Å². The average Bonchev–Trinajstić information content (AvgIpc) is 2.35. The molecular weight excluding hydrogens is 198 g/mol. The van der Waals surface area contributed by atoms with Gasteiger partial charge in [0.2, 0.25) is 0 Å². The molecule has 2 nitrogen and oxygen atoms in total. The Labute approximate surface area is 98.7 Å². The van der Waals surface area contributed by atoms with E-state index in [-0.39, 0.29) is 0 Å². The predicted octanol–water partition coefficient (Wildman–Crippen LogP) is 2.67. The van der Waals surface area contributed by atoms with E-state index in [1.165, 1.54) is 5.56 Å². The van der Waals surface area contributed by atoms with Crippen molar-refractivity contribution in [1.82, 2.24) is 5.32 Å². The topological polar surface area (TPSA) is 32.3 Å². The van der Waals surface area contributed by atoms with Crippen LogP contribution in [0.3, 0.4) is 0 Å². The highest BCUT2D eigenvalue weighted by molar-refractivity contribution is 5.24. The molecule has 1 aromatic carbocycles. The molecule has 0 fully saturated rings. The molecule has 2 unspecified atom stereocenters. The maximum absolute atomic E-state index is 9.97. The van der Waals surface area contributed by atoms with E-state index < -0.39 is 6.10 Å². The van der Waals surface area contributed by atoms with Crippen LogP contribution >= 0.6 is 0 Å². The van der Waals surface area contributed by atoms with Gasteiger partial charge in [-0.1, -0.05) is 38.1 Å². The van der Waals surface area contributed by atoms with E-state index in [9.17, 15) is 5.11 Å². The summed E-state index contributed by atoms with van der Waals surface area (Å²) in [6.45, 7) is 7.03. The van der Waals surface area contributed by atoms with Gasteiger partial charge in [0.25, 0.3) is 0 Å². The Hall–Kier alpha value is -0.860. The number of hydrogen-bond donors (Lipinski definition) is 2. The summed E-state index contributed by atoms with van der Waals surface area (Å²) in [4.78, 5) is 0. The van der Waals surface area contributed by atoms with Gasteiger partial charge in [0.05, 0.1) is 6.10 Å². The molecule has 0 radical (unpaired) electrons. The van der Waals surface area contributed by atoms with Gasteiger partial charge < -0.3 is 10.4 Å². The molecule has 0 bridgehead atoms. The second-order valence-corrected chi connectivity index (χ2v) is 4.33. The van der Waals surface area contributed by atoms with E-state index in [4.69, 9.17) is 0 Å². The number of hydrogen-bond acceptors (Lipinski definition) is 2. The Bertz CT molecular complexity index is 294. The zero-order chi connectivity index (χ0) is 12.0. The Kier molecular flexibility index (Phi) is 5.50. The van der Waals surface area contributed by atoms with Crippen molar-refractivity contribution in [3.05, 3.63) is 35.4 Å². The molecule has 0 aliphatic carbocycles. The van der Waals surface area contributed by atoms with E-state index in [1.54, 1.807) is 0 Å². The number of rotatable bonds is 6. The van der Waals surface area contributed by atoms with Crippen LogP contribution in [0.4, 0.5) is 0 Å². The van der Waals surface area contributed by atoms with Crippen LogP contribution in [0.15, 0.2) is 24.3 Å². The molecule has 1 aromatic rings. The molecular formula is C14H23NO. The summed E-state index contributed by atoms with van der Waals surface area (Å²) in [7, 11) is 0. The molecule has 0 spiro atoms. The van der Waals surface area contributed by atoms with Crippen molar-refractivity contribution in [2.24, 2.45) is 0 Å². The first-order valence-corrected chi connectivity index (χ1v) is 6.17. The maximum atomic E-state index is 9.97. The second kappa shape index (κ2) is 6.66. The first-order chi connectivity index (χ1) is 7.67. The van der Waals surface area contributed by atoms with Crippen molar-refractivity contribution >= 4 is 0 Å². The van der Waals surface area contributed by atoms with Crippen molar-refractivity contribution in [2.75, 3.05) is 6.54 Å². The summed E-state index contributed by atoms with van der Waals surface area (Å²) in [6.07, 6.45) is 1.73. The zero-order valence-corrected chi connectivity index (χ0v) is 10.5. The van der Waals surface area contributed by atoms with E-state index in [1.807, 2.05) is 12.1 Å². The van der Waals surface area contributed by atoms with Gasteiger partial charge >= 0.3 is 0 Å². The third-order valence-electron chi connectivity index (χ3n) is 3.04. The number of aliphatic hydroxyl groups is 1. The molecule has 0 saturated heterocycles. The Morgan fingerprint density at radius 3 is 2.31 bits per heavy atom. The van der Waals surface area contributed by atoms with Gasteiger partial charge in [-0.2, -0.15) is 0 Å². The fraction of sp³-hybridized carbons (Fsp3) is 0.571. The van der Waals surface area contributed by atoms with Crippen LogP contribution in [0.5, 0.6) is 0 Å². The minimum absolute atomic E-state index is 0.403. The molecule has 1 rings (SSSR count). The van der Waals surface area contributed by atoms with Crippen LogP contribution < -0.4 is 5.32 Å². The standard InChI is InChI=1S/C14H23NO/c1-4-11(3)15-10-14(16)13-8-6-12(5-2)7-9-13/h6-9,11,14-16H,4-5,10H2,1-3H3. The SMILES string of the molecule is CCc1ccc(C(O)CNC(C)CC)cc1. The lowest BCUT2D eigenvalue weighted by Crippen LogP contribution is -2.29. The third-order valence-corrected chi connectivity index (χ3v) is 3.04. The molecule has 0 aromatic heterocycles. The van der Waals surface area contributed by atoms with E-state index in [2.05, 4.69) is 38.2 Å². The maximum Gasteiger partial charge on any atom is 0.0914 e. The van der Waals surface area contributed by atoms with Crippen molar-refractivity contribution in [2.45, 2.75) is 45.8 Å². The first kappa shape index (κ1) is 13.2. The molecule has 2 heteroatoms.